The van der Waals surface area contributed by atoms with Crippen molar-refractivity contribution in [1.82, 2.24) is 0 Å². The summed E-state index contributed by atoms with van der Waals surface area (Å²) in [5.41, 5.74) is 2.97. The molecule has 1 aliphatic heterocycles. The third-order valence-electron chi connectivity index (χ3n) is 3.26. The van der Waals surface area contributed by atoms with Crippen molar-refractivity contribution in [1.29, 1.82) is 0 Å². The minimum absolute atomic E-state index is 0.144. The number of carbonyl (C=O) groups excluding carboxylic acids is 1. The van der Waals surface area contributed by atoms with Gasteiger partial charge in [0.1, 0.15) is 5.75 Å². The number of amides is 1. The molecule has 5 heteroatoms. The maximum Gasteiger partial charge on any atom is 0.256 e. The van der Waals surface area contributed by atoms with Crippen molar-refractivity contribution < 1.29 is 9.53 Å². The lowest BCUT2D eigenvalue weighted by Crippen LogP contribution is -2.03. The Balaban J connectivity index is 2.15. The fraction of sp³-hybridized carbons (Fsp3) is 0.0625. The Morgan fingerprint density at radius 2 is 2.05 bits per heavy atom. The molecule has 1 heterocycles. The molecule has 21 heavy (non-hydrogen) atoms. The number of ether oxygens (including phenoxy) is 1. The number of hydrogen-bond acceptors (Lipinski definition) is 2. The Morgan fingerprint density at radius 3 is 2.81 bits per heavy atom. The molecule has 1 amide bonds. The molecule has 0 fully saturated rings. The Bertz CT molecular complexity index is 771. The number of nitrogens with one attached hydrogen (secondary N) is 1. The third-order valence-corrected chi connectivity index (χ3v) is 3.98. The second-order valence-electron chi connectivity index (χ2n) is 4.59. The molecule has 106 valence electrons. The molecule has 1 N–H and O–H groups in total. The number of benzene rings is 2. The number of halogens is 2. The van der Waals surface area contributed by atoms with Gasteiger partial charge < -0.3 is 10.1 Å². The van der Waals surface area contributed by atoms with E-state index < -0.39 is 0 Å². The lowest BCUT2D eigenvalue weighted by atomic mass is 10.0. The standard InChI is InChI=1S/C16H11BrClNO2/c1-21-15-5-2-10(17)6-9(15)7-13-12-8-11(18)3-4-14(12)19-16(13)20/h2-8H,1H3,(H,19,20)/b13-7+. The smallest absolute Gasteiger partial charge is 0.256 e. The number of rotatable bonds is 2. The predicted molar refractivity (Wildman–Crippen MR) is 88.6 cm³/mol. The van der Waals surface area contributed by atoms with Gasteiger partial charge in [-0.15, -0.1) is 0 Å². The van der Waals surface area contributed by atoms with E-state index in [1.165, 1.54) is 0 Å². The van der Waals surface area contributed by atoms with Crippen molar-refractivity contribution in [2.24, 2.45) is 0 Å². The van der Waals surface area contributed by atoms with Crippen LogP contribution in [0.4, 0.5) is 5.69 Å². The third kappa shape index (κ3) is 2.69. The summed E-state index contributed by atoms with van der Waals surface area (Å²) in [5.74, 6) is 0.559. The van der Waals surface area contributed by atoms with E-state index >= 15 is 0 Å². The molecule has 0 aliphatic carbocycles. The average Bonchev–Trinajstić information content (AvgIpc) is 2.75. The highest BCUT2D eigenvalue weighted by Crippen LogP contribution is 2.36. The van der Waals surface area contributed by atoms with E-state index in [9.17, 15) is 4.79 Å². The molecule has 3 rings (SSSR count). The van der Waals surface area contributed by atoms with Gasteiger partial charge in [0.05, 0.1) is 7.11 Å². The predicted octanol–water partition coefficient (Wildman–Crippen LogP) is 4.60. The first kappa shape index (κ1) is 14.2. The van der Waals surface area contributed by atoms with E-state index in [2.05, 4.69) is 21.2 Å². The minimum Gasteiger partial charge on any atom is -0.496 e. The molecule has 3 nitrogen and oxygen atoms in total. The van der Waals surface area contributed by atoms with Crippen molar-refractivity contribution in [3.05, 3.63) is 57.0 Å². The van der Waals surface area contributed by atoms with Crippen molar-refractivity contribution in [3.8, 4) is 5.75 Å². The molecule has 1 aliphatic rings. The highest BCUT2D eigenvalue weighted by atomic mass is 79.9. The molecule has 0 spiro atoms. The first-order chi connectivity index (χ1) is 10.1. The second kappa shape index (κ2) is 5.54. The first-order valence-corrected chi connectivity index (χ1v) is 7.42. The molecule has 0 saturated heterocycles. The van der Waals surface area contributed by atoms with E-state index in [0.29, 0.717) is 16.3 Å². The second-order valence-corrected chi connectivity index (χ2v) is 5.94. The maximum absolute atomic E-state index is 12.2. The highest BCUT2D eigenvalue weighted by molar-refractivity contribution is 9.10. The number of anilines is 1. The Morgan fingerprint density at radius 1 is 1.24 bits per heavy atom. The molecule has 0 aromatic heterocycles. The van der Waals surface area contributed by atoms with Gasteiger partial charge in [-0.1, -0.05) is 27.5 Å². The molecule has 0 atom stereocenters. The summed E-state index contributed by atoms with van der Waals surface area (Å²) in [4.78, 5) is 12.2. The molecule has 0 bridgehead atoms. The van der Waals surface area contributed by atoms with Gasteiger partial charge in [-0.3, -0.25) is 4.79 Å². The zero-order chi connectivity index (χ0) is 15.0. The van der Waals surface area contributed by atoms with E-state index in [1.54, 1.807) is 31.4 Å². The molecule has 0 unspecified atom stereocenters. The zero-order valence-electron chi connectivity index (χ0n) is 11.1. The van der Waals surface area contributed by atoms with E-state index in [-0.39, 0.29) is 5.91 Å². The van der Waals surface area contributed by atoms with Crippen LogP contribution in [0.2, 0.25) is 5.02 Å². The van der Waals surface area contributed by atoms with Crippen LogP contribution in [0.3, 0.4) is 0 Å². The number of carbonyl (C=O) groups is 1. The van der Waals surface area contributed by atoms with Crippen LogP contribution in [-0.2, 0) is 4.79 Å². The van der Waals surface area contributed by atoms with Crippen LogP contribution in [-0.4, -0.2) is 13.0 Å². The van der Waals surface area contributed by atoms with Gasteiger partial charge in [0.2, 0.25) is 0 Å². The zero-order valence-corrected chi connectivity index (χ0v) is 13.5. The SMILES string of the molecule is COc1ccc(Br)cc1/C=C1/C(=O)Nc2ccc(Cl)cc21. The summed E-state index contributed by atoms with van der Waals surface area (Å²) in [6, 6.07) is 11.0. The monoisotopic (exact) mass is 363 g/mol. The van der Waals surface area contributed by atoms with E-state index in [1.807, 2.05) is 18.2 Å². The van der Waals surface area contributed by atoms with E-state index in [4.69, 9.17) is 16.3 Å². The largest absolute Gasteiger partial charge is 0.496 e. The lowest BCUT2D eigenvalue weighted by Gasteiger charge is -2.06. The quantitative estimate of drug-likeness (QED) is 0.791. The molecular formula is C16H11BrClNO2. The van der Waals surface area contributed by atoms with E-state index in [0.717, 1.165) is 21.3 Å². The summed E-state index contributed by atoms with van der Waals surface area (Å²) in [7, 11) is 1.60. The average molecular weight is 365 g/mol. The molecule has 2 aromatic rings. The summed E-state index contributed by atoms with van der Waals surface area (Å²) < 4.78 is 6.25. The Labute approximate surface area is 135 Å². The summed E-state index contributed by atoms with van der Waals surface area (Å²) in [6.45, 7) is 0. The fourth-order valence-corrected chi connectivity index (χ4v) is 2.83. The van der Waals surface area contributed by atoms with Gasteiger partial charge in [0.15, 0.2) is 0 Å². The van der Waals surface area contributed by atoms with Gasteiger partial charge in [-0.2, -0.15) is 0 Å². The van der Waals surface area contributed by atoms with Gasteiger partial charge in [0.25, 0.3) is 5.91 Å². The highest BCUT2D eigenvalue weighted by Gasteiger charge is 2.24. The Kier molecular flexibility index (Phi) is 3.74. The molecule has 0 saturated carbocycles. The number of fused-ring (bicyclic) bond motifs is 1. The van der Waals surface area contributed by atoms with Gasteiger partial charge in [-0.05, 0) is 42.5 Å². The van der Waals surface area contributed by atoms with Crippen LogP contribution < -0.4 is 10.1 Å². The summed E-state index contributed by atoms with van der Waals surface area (Å²) in [6.07, 6.45) is 1.81. The van der Waals surface area contributed by atoms with Crippen molar-refractivity contribution >= 4 is 50.8 Å². The molecule has 2 aromatic carbocycles. The van der Waals surface area contributed by atoms with Gasteiger partial charge >= 0.3 is 0 Å². The normalized spacial score (nSPS) is 15.0. The van der Waals surface area contributed by atoms with Crippen LogP contribution in [0.1, 0.15) is 11.1 Å². The van der Waals surface area contributed by atoms with Crippen LogP contribution in [0.5, 0.6) is 5.75 Å². The minimum atomic E-state index is -0.144. The molecule has 0 radical (unpaired) electrons. The van der Waals surface area contributed by atoms with Gasteiger partial charge in [-0.25, -0.2) is 0 Å². The number of methoxy groups -OCH3 is 1. The topological polar surface area (TPSA) is 38.3 Å². The van der Waals surface area contributed by atoms with Crippen LogP contribution in [0.25, 0.3) is 11.6 Å². The lowest BCUT2D eigenvalue weighted by molar-refractivity contribution is -0.110. The van der Waals surface area contributed by atoms with Crippen molar-refractivity contribution in [2.45, 2.75) is 0 Å². The molecular weight excluding hydrogens is 354 g/mol. The summed E-state index contributed by atoms with van der Waals surface area (Å²) >= 11 is 9.45. The van der Waals surface area contributed by atoms with Crippen molar-refractivity contribution in [2.75, 3.05) is 12.4 Å². The van der Waals surface area contributed by atoms with Crippen molar-refractivity contribution in [3.63, 3.8) is 0 Å². The fourth-order valence-electron chi connectivity index (χ4n) is 2.28. The first-order valence-electron chi connectivity index (χ1n) is 6.25. The van der Waals surface area contributed by atoms with Crippen LogP contribution >= 0.6 is 27.5 Å². The number of hydrogen-bond donors (Lipinski definition) is 1. The Hall–Kier alpha value is -1.78. The van der Waals surface area contributed by atoms with Crippen LogP contribution in [0, 0.1) is 0 Å². The summed E-state index contributed by atoms with van der Waals surface area (Å²) in [5, 5.41) is 3.42. The van der Waals surface area contributed by atoms with Gasteiger partial charge in [0, 0.05) is 31.9 Å². The van der Waals surface area contributed by atoms with Crippen LogP contribution in [0.15, 0.2) is 40.9 Å². The maximum atomic E-state index is 12.2.